The number of amides is 2. The Bertz CT molecular complexity index is 738. The SMILES string of the molecule is CC(C)(C)OC(=O)CC[C@@H](C(=O)OC(C)(C)C)N(NC(N)=O)c1ccc(CCl)cc1. The summed E-state index contributed by atoms with van der Waals surface area (Å²) in [5, 5.41) is 1.30. The number of carbonyl (C=O) groups is 3. The van der Waals surface area contributed by atoms with E-state index in [1.807, 2.05) is 0 Å². The van der Waals surface area contributed by atoms with Crippen LogP contribution in [0.4, 0.5) is 10.5 Å². The standard InChI is InChI=1S/C21H32ClN3O5/c1-20(2,3)29-17(26)12-11-16(18(27)30-21(4,5)6)25(24-19(23)28)15-9-7-14(13-22)8-10-15/h7-10,16H,11-13H2,1-6H3,(H3,23,24,28)/t16-/m0/s1. The van der Waals surface area contributed by atoms with Gasteiger partial charge in [-0.2, -0.15) is 0 Å². The molecule has 1 atom stereocenters. The van der Waals surface area contributed by atoms with Crippen LogP contribution < -0.4 is 16.2 Å². The highest BCUT2D eigenvalue weighted by molar-refractivity contribution is 6.17. The minimum absolute atomic E-state index is 0.0430. The molecule has 0 bridgehead atoms. The average molecular weight is 442 g/mol. The zero-order chi connectivity index (χ0) is 23.1. The van der Waals surface area contributed by atoms with Crippen LogP contribution in [0, 0.1) is 0 Å². The maximum atomic E-state index is 12.9. The summed E-state index contributed by atoms with van der Waals surface area (Å²) < 4.78 is 10.8. The summed E-state index contributed by atoms with van der Waals surface area (Å²) in [6.07, 6.45) is -0.0146. The molecule has 2 amide bonds. The van der Waals surface area contributed by atoms with Crippen molar-refractivity contribution in [1.82, 2.24) is 5.43 Å². The number of hydrazine groups is 1. The largest absolute Gasteiger partial charge is 0.460 e. The van der Waals surface area contributed by atoms with Crippen LogP contribution in [-0.2, 0) is 24.9 Å². The van der Waals surface area contributed by atoms with Crippen molar-refractivity contribution in [2.45, 2.75) is 77.5 Å². The third-order valence-electron chi connectivity index (χ3n) is 3.63. The summed E-state index contributed by atoms with van der Waals surface area (Å²) in [6.45, 7) is 10.5. The van der Waals surface area contributed by atoms with Crippen LogP contribution in [0.5, 0.6) is 0 Å². The van der Waals surface area contributed by atoms with Crippen LogP contribution in [0.15, 0.2) is 24.3 Å². The zero-order valence-electron chi connectivity index (χ0n) is 18.5. The van der Waals surface area contributed by atoms with Gasteiger partial charge in [0.1, 0.15) is 17.2 Å². The van der Waals surface area contributed by atoms with Gasteiger partial charge in [-0.25, -0.2) is 15.0 Å². The van der Waals surface area contributed by atoms with E-state index in [2.05, 4.69) is 5.43 Å². The van der Waals surface area contributed by atoms with Crippen molar-refractivity contribution in [2.75, 3.05) is 5.01 Å². The second-order valence-electron chi connectivity index (χ2n) is 8.82. The van der Waals surface area contributed by atoms with Gasteiger partial charge in [0.25, 0.3) is 0 Å². The molecule has 0 unspecified atom stereocenters. The molecule has 0 spiro atoms. The number of esters is 2. The number of rotatable bonds is 8. The number of benzene rings is 1. The van der Waals surface area contributed by atoms with Gasteiger partial charge in [0.15, 0.2) is 0 Å². The molecule has 1 rings (SSSR count). The summed E-state index contributed by atoms with van der Waals surface area (Å²) in [5.74, 6) is -0.758. The van der Waals surface area contributed by atoms with Gasteiger partial charge in [-0.15, -0.1) is 11.6 Å². The van der Waals surface area contributed by atoms with Crippen LogP contribution in [0.2, 0.25) is 0 Å². The number of nitrogens with one attached hydrogen (secondary N) is 1. The molecule has 9 heteroatoms. The lowest BCUT2D eigenvalue weighted by molar-refractivity contribution is -0.158. The molecule has 0 aromatic heterocycles. The third-order valence-corrected chi connectivity index (χ3v) is 3.94. The molecule has 8 nitrogen and oxygen atoms in total. The summed E-state index contributed by atoms with van der Waals surface area (Å²) in [7, 11) is 0. The van der Waals surface area contributed by atoms with Gasteiger partial charge in [0.05, 0.1) is 5.69 Å². The van der Waals surface area contributed by atoms with Crippen LogP contribution in [0.3, 0.4) is 0 Å². The van der Waals surface area contributed by atoms with E-state index in [1.165, 1.54) is 5.01 Å². The maximum Gasteiger partial charge on any atom is 0.331 e. The topological polar surface area (TPSA) is 111 Å². The summed E-state index contributed by atoms with van der Waals surface area (Å²) >= 11 is 5.84. The van der Waals surface area contributed by atoms with Crippen LogP contribution in [0.25, 0.3) is 0 Å². The molecule has 1 aromatic rings. The molecule has 0 heterocycles. The fourth-order valence-electron chi connectivity index (χ4n) is 2.56. The molecular formula is C21H32ClN3O5. The second-order valence-corrected chi connectivity index (χ2v) is 9.09. The maximum absolute atomic E-state index is 12.9. The van der Waals surface area contributed by atoms with Crippen molar-refractivity contribution in [3.63, 3.8) is 0 Å². The van der Waals surface area contributed by atoms with Gasteiger partial charge in [0, 0.05) is 12.3 Å². The number of carbonyl (C=O) groups excluding carboxylic acids is 3. The molecular weight excluding hydrogens is 410 g/mol. The van der Waals surface area contributed by atoms with E-state index in [9.17, 15) is 14.4 Å². The lowest BCUT2D eigenvalue weighted by atomic mass is 10.1. The molecule has 0 fully saturated rings. The number of hydrogen-bond acceptors (Lipinski definition) is 6. The summed E-state index contributed by atoms with van der Waals surface area (Å²) in [6, 6.07) is 5.04. The molecule has 3 N–H and O–H groups in total. The van der Waals surface area contributed by atoms with E-state index < -0.39 is 35.2 Å². The molecule has 30 heavy (non-hydrogen) atoms. The second kappa shape index (κ2) is 10.5. The fourth-order valence-corrected chi connectivity index (χ4v) is 2.73. The molecule has 0 saturated heterocycles. The first kappa shape index (κ1) is 25.6. The van der Waals surface area contributed by atoms with Gasteiger partial charge in [-0.3, -0.25) is 9.80 Å². The predicted octanol–water partition coefficient (Wildman–Crippen LogP) is 3.65. The van der Waals surface area contributed by atoms with Gasteiger partial charge in [-0.05, 0) is 65.7 Å². The predicted molar refractivity (Wildman–Crippen MR) is 116 cm³/mol. The van der Waals surface area contributed by atoms with Crippen molar-refractivity contribution >= 4 is 35.3 Å². The highest BCUT2D eigenvalue weighted by Gasteiger charge is 2.33. The monoisotopic (exact) mass is 441 g/mol. The number of urea groups is 1. The molecule has 0 radical (unpaired) electrons. The molecule has 0 aliphatic carbocycles. The average Bonchev–Trinajstić information content (AvgIpc) is 2.57. The number of halogens is 1. The Balaban J connectivity index is 3.21. The van der Waals surface area contributed by atoms with E-state index in [-0.39, 0.29) is 12.8 Å². The highest BCUT2D eigenvalue weighted by Crippen LogP contribution is 2.22. The van der Waals surface area contributed by atoms with E-state index in [0.717, 1.165) is 5.56 Å². The zero-order valence-corrected chi connectivity index (χ0v) is 19.2. The lowest BCUT2D eigenvalue weighted by Crippen LogP contribution is -2.55. The normalized spacial score (nSPS) is 12.6. The minimum Gasteiger partial charge on any atom is -0.460 e. The van der Waals surface area contributed by atoms with Gasteiger partial charge in [-0.1, -0.05) is 12.1 Å². The third kappa shape index (κ3) is 9.35. The Morgan fingerprint density at radius 3 is 2.00 bits per heavy atom. The van der Waals surface area contributed by atoms with Gasteiger partial charge >= 0.3 is 18.0 Å². The first-order valence-electron chi connectivity index (χ1n) is 9.67. The number of anilines is 1. The number of ether oxygens (including phenoxy) is 2. The first-order valence-corrected chi connectivity index (χ1v) is 10.2. The molecule has 0 aliphatic rings. The van der Waals surface area contributed by atoms with Crippen molar-refractivity contribution < 1.29 is 23.9 Å². The van der Waals surface area contributed by atoms with E-state index in [4.69, 9.17) is 26.8 Å². The Labute approximate surface area is 183 Å². The van der Waals surface area contributed by atoms with Gasteiger partial charge < -0.3 is 15.2 Å². The van der Waals surface area contributed by atoms with Gasteiger partial charge in [0.2, 0.25) is 0 Å². The molecule has 0 saturated carbocycles. The number of alkyl halides is 1. The molecule has 168 valence electrons. The van der Waals surface area contributed by atoms with Crippen LogP contribution in [0.1, 0.15) is 59.9 Å². The quantitative estimate of drug-likeness (QED) is 0.362. The lowest BCUT2D eigenvalue weighted by Gasteiger charge is -2.33. The van der Waals surface area contributed by atoms with Crippen molar-refractivity contribution in [2.24, 2.45) is 5.73 Å². The minimum atomic E-state index is -1.01. The smallest absolute Gasteiger partial charge is 0.331 e. The fraction of sp³-hybridized carbons (Fsp3) is 0.571. The summed E-state index contributed by atoms with van der Waals surface area (Å²) in [4.78, 5) is 36.8. The highest BCUT2D eigenvalue weighted by atomic mass is 35.5. The Hall–Kier alpha value is -2.48. The number of nitrogens with two attached hydrogens (primary N) is 1. The number of hydrogen-bond donors (Lipinski definition) is 2. The van der Waals surface area contributed by atoms with E-state index >= 15 is 0 Å². The van der Waals surface area contributed by atoms with Crippen LogP contribution in [-0.4, -0.2) is 35.2 Å². The van der Waals surface area contributed by atoms with Crippen molar-refractivity contribution in [3.8, 4) is 0 Å². The van der Waals surface area contributed by atoms with E-state index in [1.54, 1.807) is 65.8 Å². The Morgan fingerprint density at radius 1 is 1.03 bits per heavy atom. The van der Waals surface area contributed by atoms with E-state index in [0.29, 0.717) is 11.6 Å². The number of primary amides is 1. The first-order chi connectivity index (χ1) is 13.7. The summed E-state index contributed by atoms with van der Waals surface area (Å²) in [5.41, 5.74) is 7.73. The molecule has 0 aliphatic heterocycles. The Kier molecular flexibility index (Phi) is 8.96. The van der Waals surface area contributed by atoms with Crippen LogP contribution >= 0.6 is 11.6 Å². The van der Waals surface area contributed by atoms with Crippen molar-refractivity contribution in [3.05, 3.63) is 29.8 Å². The molecule has 1 aromatic carbocycles. The number of nitrogens with zero attached hydrogens (tertiary/aromatic N) is 1. The van der Waals surface area contributed by atoms with Crippen molar-refractivity contribution in [1.29, 1.82) is 0 Å². The Morgan fingerprint density at radius 2 is 1.57 bits per heavy atom.